The Morgan fingerprint density at radius 2 is 0.909 bits per heavy atom. The van der Waals surface area contributed by atoms with Crippen molar-refractivity contribution in [2.75, 3.05) is 13.2 Å². The van der Waals surface area contributed by atoms with Crippen molar-refractivity contribution in [3.05, 3.63) is 60.8 Å². The summed E-state index contributed by atoms with van der Waals surface area (Å²) >= 11 is 0. The summed E-state index contributed by atoms with van der Waals surface area (Å²) in [7, 11) is 0. The van der Waals surface area contributed by atoms with E-state index in [0.717, 1.165) is 51.4 Å². The molecule has 9 heteroatoms. The lowest BCUT2D eigenvalue weighted by molar-refractivity contribution is -0.302. The van der Waals surface area contributed by atoms with Gasteiger partial charge in [0.15, 0.2) is 6.29 Å². The Morgan fingerprint density at radius 1 is 0.515 bits per heavy atom. The van der Waals surface area contributed by atoms with Crippen molar-refractivity contribution in [1.29, 1.82) is 0 Å². The predicted octanol–water partition coefficient (Wildman–Crippen LogP) is 13.1. The van der Waals surface area contributed by atoms with E-state index >= 15 is 0 Å². The Labute approximate surface area is 405 Å². The summed E-state index contributed by atoms with van der Waals surface area (Å²) in [6, 6.07) is -0.830. The third-order valence-electron chi connectivity index (χ3n) is 12.8. The van der Waals surface area contributed by atoms with Crippen LogP contribution in [0.2, 0.25) is 0 Å². The Bertz CT molecular complexity index is 1220. The van der Waals surface area contributed by atoms with Gasteiger partial charge in [0.2, 0.25) is 5.91 Å². The smallest absolute Gasteiger partial charge is 0.220 e. The topological polar surface area (TPSA) is 149 Å². The zero-order valence-corrected chi connectivity index (χ0v) is 42.4. The molecule has 7 unspecified atom stereocenters. The van der Waals surface area contributed by atoms with Crippen LogP contribution in [-0.4, -0.2) is 87.5 Å². The number of ether oxygens (including phenoxy) is 2. The molecule has 0 aromatic rings. The highest BCUT2D eigenvalue weighted by Gasteiger charge is 2.44. The average molecular weight is 930 g/mol. The molecular weight excluding hydrogens is 827 g/mol. The first-order valence-electron chi connectivity index (χ1n) is 27.5. The van der Waals surface area contributed by atoms with Gasteiger partial charge in [-0.1, -0.05) is 216 Å². The van der Waals surface area contributed by atoms with E-state index < -0.39 is 49.5 Å². The van der Waals surface area contributed by atoms with Gasteiger partial charge in [-0.15, -0.1) is 0 Å². The standard InChI is InChI=1S/C57H103NO8/c1-3-5-7-9-11-13-15-17-19-21-23-24-25-26-27-28-29-31-33-35-37-39-41-43-45-47-53(61)58-50(49-65-57-56(64)55(63)54(62)52(48-59)66-57)51(60)46-44-42-40-38-36-34-32-30-22-20-18-16-14-12-10-8-6-4-2/h15,17,21-23,30,36,38,44,46,50-52,54-57,59-60,62-64H,3-14,16,18-20,24-29,31-35,37,39-43,45,47-49H2,1-2H3,(H,58,61)/b17-15-,23-21-,30-22+,38-36+,46-44+. The normalized spacial score (nSPS) is 20.3. The largest absolute Gasteiger partial charge is 0.394 e. The first-order valence-corrected chi connectivity index (χ1v) is 27.5. The summed E-state index contributed by atoms with van der Waals surface area (Å²) in [6.07, 6.45) is 55.6. The second kappa shape index (κ2) is 46.6. The zero-order valence-electron chi connectivity index (χ0n) is 42.4. The number of carbonyl (C=O) groups is 1. The molecule has 0 spiro atoms. The van der Waals surface area contributed by atoms with Crippen LogP contribution < -0.4 is 5.32 Å². The minimum absolute atomic E-state index is 0.192. The lowest BCUT2D eigenvalue weighted by atomic mass is 9.99. The molecule has 0 radical (unpaired) electrons. The molecule has 1 heterocycles. The number of rotatable bonds is 46. The van der Waals surface area contributed by atoms with Gasteiger partial charge >= 0.3 is 0 Å². The number of allylic oxidation sites excluding steroid dienone is 9. The van der Waals surface area contributed by atoms with Gasteiger partial charge in [0.1, 0.15) is 24.4 Å². The van der Waals surface area contributed by atoms with Crippen LogP contribution in [0, 0.1) is 0 Å². The molecule has 1 amide bonds. The van der Waals surface area contributed by atoms with Crippen LogP contribution in [0.4, 0.5) is 0 Å². The predicted molar refractivity (Wildman–Crippen MR) is 276 cm³/mol. The first kappa shape index (κ1) is 61.9. The fourth-order valence-electron chi connectivity index (χ4n) is 8.40. The lowest BCUT2D eigenvalue weighted by Crippen LogP contribution is -2.60. The van der Waals surface area contributed by atoms with Crippen LogP contribution in [0.3, 0.4) is 0 Å². The number of nitrogens with one attached hydrogen (secondary N) is 1. The quantitative estimate of drug-likeness (QED) is 0.0261. The molecule has 0 aromatic carbocycles. The van der Waals surface area contributed by atoms with Crippen molar-refractivity contribution in [3.63, 3.8) is 0 Å². The molecule has 0 aromatic heterocycles. The minimum Gasteiger partial charge on any atom is -0.394 e. The number of hydrogen-bond acceptors (Lipinski definition) is 8. The van der Waals surface area contributed by atoms with E-state index in [2.05, 4.69) is 67.8 Å². The average Bonchev–Trinajstić information content (AvgIpc) is 3.32. The third kappa shape index (κ3) is 36.0. The van der Waals surface area contributed by atoms with Crippen LogP contribution in [-0.2, 0) is 14.3 Å². The Balaban J connectivity index is 2.27. The SMILES string of the molecule is CCCCCCC/C=C\C/C=C\CCCCCCCCCCCCCCCC(=O)NC(COC1OC(CO)C(O)C(O)C1O)C(O)/C=C/CC/C=C/CC/C=C/CCCCCCCCCC. The maximum absolute atomic E-state index is 13.0. The van der Waals surface area contributed by atoms with E-state index in [1.807, 2.05) is 6.08 Å². The summed E-state index contributed by atoms with van der Waals surface area (Å²) in [5, 5.41) is 54.4. The van der Waals surface area contributed by atoms with Gasteiger partial charge in [-0.05, 0) is 77.0 Å². The summed E-state index contributed by atoms with van der Waals surface area (Å²) in [4.78, 5) is 13.0. The number of hydrogen-bond donors (Lipinski definition) is 6. The molecule has 384 valence electrons. The number of carbonyl (C=O) groups excluding carboxylic acids is 1. The maximum Gasteiger partial charge on any atom is 0.220 e. The van der Waals surface area contributed by atoms with Crippen molar-refractivity contribution in [2.24, 2.45) is 0 Å². The summed E-state index contributed by atoms with van der Waals surface area (Å²) in [6.45, 7) is 3.75. The number of aliphatic hydroxyl groups excluding tert-OH is 5. The van der Waals surface area contributed by atoms with Gasteiger partial charge in [0.05, 0.1) is 25.4 Å². The van der Waals surface area contributed by atoms with E-state index in [-0.39, 0.29) is 12.5 Å². The van der Waals surface area contributed by atoms with Crippen molar-refractivity contribution < 1.29 is 39.8 Å². The van der Waals surface area contributed by atoms with Crippen LogP contribution in [0.1, 0.15) is 239 Å². The van der Waals surface area contributed by atoms with Crippen LogP contribution >= 0.6 is 0 Å². The van der Waals surface area contributed by atoms with Crippen molar-refractivity contribution in [1.82, 2.24) is 5.32 Å². The van der Waals surface area contributed by atoms with Crippen molar-refractivity contribution >= 4 is 5.91 Å². The summed E-state index contributed by atoms with van der Waals surface area (Å²) < 4.78 is 11.2. The van der Waals surface area contributed by atoms with Gasteiger partial charge < -0.3 is 40.3 Å². The summed E-state index contributed by atoms with van der Waals surface area (Å²) in [5.41, 5.74) is 0. The number of amides is 1. The molecule has 1 fully saturated rings. The molecule has 6 N–H and O–H groups in total. The molecular formula is C57H103NO8. The van der Waals surface area contributed by atoms with E-state index in [1.54, 1.807) is 6.08 Å². The highest BCUT2D eigenvalue weighted by molar-refractivity contribution is 5.76. The molecule has 66 heavy (non-hydrogen) atoms. The fourth-order valence-corrected chi connectivity index (χ4v) is 8.40. The monoisotopic (exact) mass is 930 g/mol. The molecule has 1 rings (SSSR count). The zero-order chi connectivity index (χ0) is 48.0. The van der Waals surface area contributed by atoms with E-state index in [0.29, 0.717) is 6.42 Å². The fraction of sp³-hybridized carbons (Fsp3) is 0.807. The third-order valence-corrected chi connectivity index (χ3v) is 12.8. The molecule has 1 aliphatic rings. The Hall–Kier alpha value is -2.11. The van der Waals surface area contributed by atoms with E-state index in [9.17, 15) is 30.3 Å². The molecule has 1 aliphatic heterocycles. The number of unbranched alkanes of at least 4 members (excludes halogenated alkanes) is 28. The van der Waals surface area contributed by atoms with Crippen LogP contribution in [0.15, 0.2) is 60.8 Å². The molecule has 0 bridgehead atoms. The molecule has 0 aliphatic carbocycles. The van der Waals surface area contributed by atoms with Crippen molar-refractivity contribution in [2.45, 2.75) is 281 Å². The molecule has 7 atom stereocenters. The maximum atomic E-state index is 13.0. The van der Waals surface area contributed by atoms with Crippen molar-refractivity contribution in [3.8, 4) is 0 Å². The van der Waals surface area contributed by atoms with Gasteiger partial charge in [0.25, 0.3) is 0 Å². The second-order valence-corrected chi connectivity index (χ2v) is 19.0. The Morgan fingerprint density at radius 3 is 1.36 bits per heavy atom. The second-order valence-electron chi connectivity index (χ2n) is 19.0. The molecule has 1 saturated heterocycles. The van der Waals surface area contributed by atoms with Crippen LogP contribution in [0.25, 0.3) is 0 Å². The Kier molecular flexibility index (Phi) is 43.7. The van der Waals surface area contributed by atoms with Gasteiger partial charge in [-0.25, -0.2) is 0 Å². The molecule has 0 saturated carbocycles. The van der Waals surface area contributed by atoms with E-state index in [4.69, 9.17) is 9.47 Å². The summed E-state index contributed by atoms with van der Waals surface area (Å²) in [5.74, 6) is -0.192. The highest BCUT2D eigenvalue weighted by Crippen LogP contribution is 2.23. The minimum atomic E-state index is -1.58. The first-order chi connectivity index (χ1) is 32.3. The van der Waals surface area contributed by atoms with Crippen LogP contribution in [0.5, 0.6) is 0 Å². The molecule has 9 nitrogen and oxygen atoms in total. The number of aliphatic hydroxyl groups is 5. The van der Waals surface area contributed by atoms with Gasteiger partial charge in [-0.2, -0.15) is 0 Å². The van der Waals surface area contributed by atoms with E-state index in [1.165, 1.54) is 167 Å². The van der Waals surface area contributed by atoms with Gasteiger partial charge in [-0.3, -0.25) is 4.79 Å². The lowest BCUT2D eigenvalue weighted by Gasteiger charge is -2.40. The highest BCUT2D eigenvalue weighted by atomic mass is 16.7. The van der Waals surface area contributed by atoms with Gasteiger partial charge in [0, 0.05) is 6.42 Å².